The lowest BCUT2D eigenvalue weighted by molar-refractivity contribution is -0.113. The van der Waals surface area contributed by atoms with E-state index in [4.69, 9.17) is 4.74 Å². The Morgan fingerprint density at radius 1 is 1.19 bits per heavy atom. The topological polar surface area (TPSA) is 76.1 Å². The quantitative estimate of drug-likeness (QED) is 0.841. The van der Waals surface area contributed by atoms with Crippen molar-refractivity contribution in [1.29, 1.82) is 0 Å². The zero-order valence-electron chi connectivity index (χ0n) is 14.5. The van der Waals surface area contributed by atoms with Crippen LogP contribution in [0.1, 0.15) is 35.3 Å². The molecule has 3 heterocycles. The van der Waals surface area contributed by atoms with Crippen LogP contribution < -0.4 is 15.6 Å². The van der Waals surface area contributed by atoms with Gasteiger partial charge in [-0.05, 0) is 30.4 Å². The molecular weight excluding hydrogens is 370 g/mol. The first-order valence-electron chi connectivity index (χ1n) is 8.65. The SMILES string of the molecule is COc1ccccc1C1SCC(=O)Nc2c1c(=O)[nH]n2C1CCSCC1. The summed E-state index contributed by atoms with van der Waals surface area (Å²) >= 11 is 3.39. The Hall–Kier alpha value is -1.80. The molecule has 138 valence electrons. The van der Waals surface area contributed by atoms with Gasteiger partial charge in [-0.2, -0.15) is 11.8 Å². The largest absolute Gasteiger partial charge is 0.496 e. The maximum Gasteiger partial charge on any atom is 0.270 e. The fourth-order valence-electron chi connectivity index (χ4n) is 3.59. The predicted molar refractivity (Wildman–Crippen MR) is 107 cm³/mol. The van der Waals surface area contributed by atoms with Crippen molar-refractivity contribution < 1.29 is 9.53 Å². The molecule has 0 radical (unpaired) electrons. The van der Waals surface area contributed by atoms with Gasteiger partial charge in [0.05, 0.1) is 29.7 Å². The van der Waals surface area contributed by atoms with Crippen LogP contribution >= 0.6 is 23.5 Å². The number of carbonyl (C=O) groups is 1. The number of rotatable bonds is 3. The monoisotopic (exact) mass is 391 g/mol. The number of nitrogens with one attached hydrogen (secondary N) is 2. The lowest BCUT2D eigenvalue weighted by Crippen LogP contribution is -2.22. The van der Waals surface area contributed by atoms with Crippen LogP contribution in [-0.2, 0) is 4.79 Å². The van der Waals surface area contributed by atoms with Crippen molar-refractivity contribution in [3.8, 4) is 5.75 Å². The summed E-state index contributed by atoms with van der Waals surface area (Å²) in [4.78, 5) is 25.2. The van der Waals surface area contributed by atoms with Crippen LogP contribution in [0, 0.1) is 0 Å². The Kier molecular flexibility index (Phi) is 5.04. The van der Waals surface area contributed by atoms with Crippen LogP contribution in [0.2, 0.25) is 0 Å². The molecule has 26 heavy (non-hydrogen) atoms. The second-order valence-electron chi connectivity index (χ2n) is 6.40. The third-order valence-electron chi connectivity index (χ3n) is 4.84. The van der Waals surface area contributed by atoms with E-state index in [9.17, 15) is 9.59 Å². The summed E-state index contributed by atoms with van der Waals surface area (Å²) < 4.78 is 7.40. The van der Waals surface area contributed by atoms with E-state index in [0.29, 0.717) is 17.1 Å². The van der Waals surface area contributed by atoms with E-state index in [1.165, 1.54) is 11.8 Å². The maximum atomic E-state index is 12.9. The van der Waals surface area contributed by atoms with Crippen LogP contribution in [0.4, 0.5) is 5.82 Å². The van der Waals surface area contributed by atoms with Gasteiger partial charge in [0, 0.05) is 5.56 Å². The van der Waals surface area contributed by atoms with Gasteiger partial charge in [0.2, 0.25) is 5.91 Å². The molecule has 0 saturated carbocycles. The summed E-state index contributed by atoms with van der Waals surface area (Å²) in [5.74, 6) is 3.71. The van der Waals surface area contributed by atoms with Gasteiger partial charge in [0.1, 0.15) is 11.6 Å². The van der Waals surface area contributed by atoms with Crippen molar-refractivity contribution in [2.75, 3.05) is 29.7 Å². The molecule has 2 aliphatic rings. The van der Waals surface area contributed by atoms with Crippen LogP contribution in [0.25, 0.3) is 0 Å². The molecule has 1 aromatic carbocycles. The summed E-state index contributed by atoms with van der Waals surface area (Å²) in [5, 5.41) is 5.72. The van der Waals surface area contributed by atoms with Gasteiger partial charge < -0.3 is 10.1 Å². The number of para-hydroxylation sites is 1. The summed E-state index contributed by atoms with van der Waals surface area (Å²) in [7, 11) is 1.62. The zero-order valence-corrected chi connectivity index (χ0v) is 16.1. The van der Waals surface area contributed by atoms with Crippen molar-refractivity contribution in [2.45, 2.75) is 24.1 Å². The average molecular weight is 392 g/mol. The second-order valence-corrected chi connectivity index (χ2v) is 8.72. The number of benzene rings is 1. The second kappa shape index (κ2) is 7.44. The summed E-state index contributed by atoms with van der Waals surface area (Å²) in [6.07, 6.45) is 1.98. The molecule has 1 saturated heterocycles. The maximum absolute atomic E-state index is 12.9. The molecule has 2 N–H and O–H groups in total. The Labute approximate surface area is 160 Å². The van der Waals surface area contributed by atoms with E-state index >= 15 is 0 Å². The molecule has 1 unspecified atom stereocenters. The van der Waals surface area contributed by atoms with Gasteiger partial charge in [0.25, 0.3) is 5.56 Å². The third kappa shape index (κ3) is 3.16. The van der Waals surface area contributed by atoms with Crippen LogP contribution in [0.5, 0.6) is 5.75 Å². The van der Waals surface area contributed by atoms with Gasteiger partial charge in [0.15, 0.2) is 0 Å². The Morgan fingerprint density at radius 2 is 1.96 bits per heavy atom. The summed E-state index contributed by atoms with van der Waals surface area (Å²) in [6.45, 7) is 0. The number of H-pyrrole nitrogens is 1. The first kappa shape index (κ1) is 17.6. The first-order chi connectivity index (χ1) is 12.7. The highest BCUT2D eigenvalue weighted by Crippen LogP contribution is 2.44. The van der Waals surface area contributed by atoms with Crippen LogP contribution in [0.15, 0.2) is 29.1 Å². The van der Waals surface area contributed by atoms with E-state index in [1.807, 2.05) is 40.7 Å². The number of fused-ring (bicyclic) bond motifs is 1. The molecule has 8 heteroatoms. The average Bonchev–Trinajstić information content (AvgIpc) is 2.88. The number of methoxy groups -OCH3 is 1. The number of hydrogen-bond acceptors (Lipinski definition) is 5. The number of hydrogen-bond donors (Lipinski definition) is 2. The fourth-order valence-corrected chi connectivity index (χ4v) is 5.82. The van der Waals surface area contributed by atoms with Gasteiger partial charge in [-0.1, -0.05) is 18.2 Å². The molecule has 2 aromatic rings. The normalized spacial score (nSPS) is 21.0. The fraction of sp³-hybridized carbons (Fsp3) is 0.444. The highest BCUT2D eigenvalue weighted by molar-refractivity contribution is 8.00. The summed E-state index contributed by atoms with van der Waals surface area (Å²) in [5.41, 5.74) is 1.40. The van der Waals surface area contributed by atoms with E-state index in [2.05, 4.69) is 10.4 Å². The predicted octanol–water partition coefficient (Wildman–Crippen LogP) is 3.03. The Balaban J connectivity index is 1.84. The molecule has 1 fully saturated rings. The van der Waals surface area contributed by atoms with Gasteiger partial charge in [-0.15, -0.1) is 11.8 Å². The minimum absolute atomic E-state index is 0.0772. The number of carbonyl (C=O) groups excluding carboxylic acids is 1. The number of aromatic amines is 1. The number of aromatic nitrogens is 2. The lowest BCUT2D eigenvalue weighted by atomic mass is 10.0. The molecule has 0 bridgehead atoms. The Bertz CT molecular complexity index is 871. The molecule has 1 aromatic heterocycles. The van der Waals surface area contributed by atoms with E-state index < -0.39 is 0 Å². The molecular formula is C18H21N3O3S2. The highest BCUT2D eigenvalue weighted by atomic mass is 32.2. The number of anilines is 1. The third-order valence-corrected chi connectivity index (χ3v) is 7.14. The smallest absolute Gasteiger partial charge is 0.270 e. The van der Waals surface area contributed by atoms with Crippen molar-refractivity contribution in [3.05, 3.63) is 45.7 Å². The Morgan fingerprint density at radius 3 is 2.73 bits per heavy atom. The molecule has 1 amide bonds. The van der Waals surface area contributed by atoms with Crippen molar-refractivity contribution in [2.24, 2.45) is 0 Å². The van der Waals surface area contributed by atoms with E-state index in [1.54, 1.807) is 7.11 Å². The molecule has 2 aliphatic heterocycles. The van der Waals surface area contributed by atoms with E-state index in [-0.39, 0.29) is 22.8 Å². The first-order valence-corrected chi connectivity index (χ1v) is 10.9. The molecule has 1 atom stereocenters. The van der Waals surface area contributed by atoms with Crippen molar-refractivity contribution in [1.82, 2.24) is 9.78 Å². The highest BCUT2D eigenvalue weighted by Gasteiger charge is 2.33. The molecule has 0 spiro atoms. The standard InChI is InChI=1S/C18H21N3O3S2/c1-24-13-5-3-2-4-12(13)16-15-17(19-14(22)10-26-16)21(20-18(15)23)11-6-8-25-9-7-11/h2-5,11,16H,6-10H2,1H3,(H,19,22)(H,20,23). The molecule has 6 nitrogen and oxygen atoms in total. The molecule has 0 aliphatic carbocycles. The zero-order chi connectivity index (χ0) is 18.1. The van der Waals surface area contributed by atoms with E-state index in [0.717, 1.165) is 35.7 Å². The van der Waals surface area contributed by atoms with Crippen LogP contribution in [-0.4, -0.2) is 40.1 Å². The minimum atomic E-state index is -0.247. The minimum Gasteiger partial charge on any atom is -0.496 e. The van der Waals surface area contributed by atoms with Gasteiger partial charge >= 0.3 is 0 Å². The van der Waals surface area contributed by atoms with Gasteiger partial charge in [-0.3, -0.25) is 19.4 Å². The number of thioether (sulfide) groups is 2. The van der Waals surface area contributed by atoms with Crippen LogP contribution in [0.3, 0.4) is 0 Å². The summed E-state index contributed by atoms with van der Waals surface area (Å²) in [6, 6.07) is 7.91. The van der Waals surface area contributed by atoms with Gasteiger partial charge in [-0.25, -0.2) is 0 Å². The number of amides is 1. The van der Waals surface area contributed by atoms with Crippen molar-refractivity contribution in [3.63, 3.8) is 0 Å². The van der Waals surface area contributed by atoms with Crippen molar-refractivity contribution >= 4 is 35.2 Å². The lowest BCUT2D eigenvalue weighted by Gasteiger charge is -2.24. The number of ether oxygens (including phenoxy) is 1. The molecule has 4 rings (SSSR count). The number of nitrogens with zero attached hydrogens (tertiary/aromatic N) is 1.